The second-order valence-corrected chi connectivity index (χ2v) is 9.96. The van der Waals surface area contributed by atoms with Gasteiger partial charge in [-0.05, 0) is 29.9 Å². The Morgan fingerprint density at radius 2 is 1.92 bits per heavy atom. The van der Waals surface area contributed by atoms with Crippen molar-refractivity contribution in [2.75, 3.05) is 33.4 Å². The van der Waals surface area contributed by atoms with Crippen molar-refractivity contribution in [2.24, 2.45) is 5.41 Å². The molecule has 5 heterocycles. The van der Waals surface area contributed by atoms with E-state index in [1.807, 2.05) is 21.7 Å². The topological polar surface area (TPSA) is 118 Å². The molecule has 1 spiro atoms. The lowest BCUT2D eigenvalue weighted by molar-refractivity contribution is -0.192. The first-order chi connectivity index (χ1) is 18.0. The van der Waals surface area contributed by atoms with Crippen LogP contribution in [0.15, 0.2) is 29.3 Å². The van der Waals surface area contributed by atoms with E-state index in [-0.39, 0.29) is 23.5 Å². The van der Waals surface area contributed by atoms with E-state index in [1.54, 1.807) is 13.3 Å². The van der Waals surface area contributed by atoms with E-state index in [4.69, 9.17) is 19.6 Å². The molecule has 1 amide bonds. The number of alkyl halides is 3. The minimum atomic E-state index is -5.08. The molecule has 1 saturated heterocycles. The first-order valence-corrected chi connectivity index (χ1v) is 12.3. The molecule has 0 aromatic carbocycles. The molecular weight excluding hydrogens is 507 g/mol. The highest BCUT2D eigenvalue weighted by Crippen LogP contribution is 2.40. The molecule has 3 aliphatic heterocycles. The van der Waals surface area contributed by atoms with Crippen LogP contribution in [0.3, 0.4) is 0 Å². The number of carboxylic acids is 1. The number of likely N-dealkylation sites (tertiary alicyclic amines) is 1. The molecule has 10 nitrogen and oxygen atoms in total. The van der Waals surface area contributed by atoms with Crippen molar-refractivity contribution in [1.29, 1.82) is 0 Å². The third-order valence-corrected chi connectivity index (χ3v) is 7.32. The van der Waals surface area contributed by atoms with Crippen LogP contribution in [0, 0.1) is 5.41 Å². The minimum absolute atomic E-state index is 0.0440. The first-order valence-electron chi connectivity index (χ1n) is 12.3. The quantitative estimate of drug-likeness (QED) is 0.626. The number of pyridine rings is 1. The van der Waals surface area contributed by atoms with Crippen LogP contribution in [0.25, 0.3) is 0 Å². The van der Waals surface area contributed by atoms with E-state index < -0.39 is 12.1 Å². The normalized spacial score (nSPS) is 18.4. The molecule has 0 aliphatic carbocycles. The fourth-order valence-corrected chi connectivity index (χ4v) is 5.31. The average Bonchev–Trinajstić information content (AvgIpc) is 3.23. The van der Waals surface area contributed by atoms with Crippen molar-refractivity contribution < 1.29 is 32.6 Å². The Morgan fingerprint density at radius 3 is 2.53 bits per heavy atom. The number of amides is 1. The summed E-state index contributed by atoms with van der Waals surface area (Å²) in [5.41, 5.74) is 3.16. The summed E-state index contributed by atoms with van der Waals surface area (Å²) in [6.45, 7) is 4.64. The van der Waals surface area contributed by atoms with Gasteiger partial charge in [-0.15, -0.1) is 0 Å². The molecule has 0 atom stereocenters. The molecule has 1 fully saturated rings. The number of halogens is 3. The highest BCUT2D eigenvalue weighted by molar-refractivity contribution is 5.77. The predicted molar refractivity (Wildman–Crippen MR) is 128 cm³/mol. The Hall–Kier alpha value is -3.32. The monoisotopic (exact) mass is 537 g/mol. The Balaban J connectivity index is 0.000000426. The van der Waals surface area contributed by atoms with Crippen LogP contribution in [-0.2, 0) is 46.8 Å². The summed E-state index contributed by atoms with van der Waals surface area (Å²) in [4.78, 5) is 47.8. The van der Waals surface area contributed by atoms with Gasteiger partial charge in [0.2, 0.25) is 5.91 Å². The van der Waals surface area contributed by atoms with Crippen molar-refractivity contribution in [3.8, 4) is 0 Å². The Kier molecular flexibility index (Phi) is 8.16. The van der Waals surface area contributed by atoms with Gasteiger partial charge in [-0.3, -0.25) is 24.0 Å². The number of nitrogens with zero attached hydrogens (tertiary/aromatic N) is 5. The summed E-state index contributed by atoms with van der Waals surface area (Å²) in [6.07, 6.45) is 2.04. The number of carbonyl (C=O) groups excluding carboxylic acids is 1. The number of piperidine rings is 1. The summed E-state index contributed by atoms with van der Waals surface area (Å²) < 4.78 is 38.6. The molecular formula is C25H30F3N5O5. The molecule has 38 heavy (non-hydrogen) atoms. The highest BCUT2D eigenvalue weighted by Gasteiger charge is 2.43. The number of ether oxygens (including phenoxy) is 1. The number of carbonyl (C=O) groups is 2. The number of aromatic nitrogens is 3. The third kappa shape index (κ3) is 6.21. The van der Waals surface area contributed by atoms with E-state index in [2.05, 4.69) is 16.0 Å². The summed E-state index contributed by atoms with van der Waals surface area (Å²) in [5, 5.41) is 7.12. The second-order valence-electron chi connectivity index (χ2n) is 9.96. The number of hydrogen-bond acceptors (Lipinski definition) is 7. The standard InChI is InChI=1S/C23H29N5O3.C2HF3O2/c1-31-15-21(29)27-9-5-23(6-10-27)11-20-25-19-4-8-26(13-17-3-2-7-24-12-17)14-18(19)22(30)28(20)16-23;3-2(4,5)1(6)7/h2-3,7,12H,4-6,8-11,13-16H2,1H3;(H,6,7). The molecule has 2 aromatic heterocycles. The van der Waals surface area contributed by atoms with Gasteiger partial charge in [0.25, 0.3) is 5.56 Å². The van der Waals surface area contributed by atoms with Gasteiger partial charge >= 0.3 is 12.1 Å². The van der Waals surface area contributed by atoms with Crippen molar-refractivity contribution in [2.45, 2.75) is 51.5 Å². The summed E-state index contributed by atoms with van der Waals surface area (Å²) >= 11 is 0. The van der Waals surface area contributed by atoms with Crippen LogP contribution in [0.1, 0.15) is 35.5 Å². The fourth-order valence-electron chi connectivity index (χ4n) is 5.31. The van der Waals surface area contributed by atoms with E-state index in [0.29, 0.717) is 6.54 Å². The van der Waals surface area contributed by atoms with Crippen molar-refractivity contribution in [3.63, 3.8) is 0 Å². The van der Waals surface area contributed by atoms with Crippen LogP contribution in [0.2, 0.25) is 0 Å². The molecule has 3 aliphatic rings. The molecule has 1 N–H and O–H groups in total. The SMILES string of the molecule is COCC(=O)N1CCC2(CC1)Cc1nc3c(c(=O)n1C2)CN(Cc1cccnc1)CC3.O=C(O)C(F)(F)F. The molecule has 0 radical (unpaired) electrons. The van der Waals surface area contributed by atoms with E-state index >= 15 is 0 Å². The summed E-state index contributed by atoms with van der Waals surface area (Å²) in [5.74, 6) is -1.78. The average molecular weight is 538 g/mol. The van der Waals surface area contributed by atoms with Gasteiger partial charge in [-0.25, -0.2) is 9.78 Å². The van der Waals surface area contributed by atoms with Crippen molar-refractivity contribution >= 4 is 11.9 Å². The van der Waals surface area contributed by atoms with E-state index in [1.165, 1.54) is 0 Å². The number of methoxy groups -OCH3 is 1. The van der Waals surface area contributed by atoms with E-state index in [0.717, 1.165) is 81.1 Å². The van der Waals surface area contributed by atoms with E-state index in [9.17, 15) is 22.8 Å². The minimum Gasteiger partial charge on any atom is -0.475 e. The number of rotatable bonds is 4. The number of carboxylic acid groups (broad SMARTS) is 1. The molecule has 0 saturated carbocycles. The summed E-state index contributed by atoms with van der Waals surface area (Å²) in [7, 11) is 1.55. The number of aliphatic carboxylic acids is 1. The smallest absolute Gasteiger partial charge is 0.475 e. The van der Waals surface area contributed by atoms with Crippen LogP contribution < -0.4 is 5.56 Å². The lowest BCUT2D eigenvalue weighted by Gasteiger charge is -2.38. The Morgan fingerprint density at radius 1 is 1.21 bits per heavy atom. The molecule has 13 heteroatoms. The van der Waals surface area contributed by atoms with Gasteiger partial charge in [0.15, 0.2) is 0 Å². The van der Waals surface area contributed by atoms with Crippen LogP contribution in [0.4, 0.5) is 13.2 Å². The first kappa shape index (κ1) is 27.7. The number of hydrogen-bond donors (Lipinski definition) is 1. The zero-order chi connectivity index (χ0) is 27.5. The van der Waals surface area contributed by atoms with Crippen LogP contribution >= 0.6 is 0 Å². The zero-order valence-corrected chi connectivity index (χ0v) is 21.0. The third-order valence-electron chi connectivity index (χ3n) is 7.32. The molecule has 5 rings (SSSR count). The fraction of sp³-hybridized carbons (Fsp3) is 0.560. The van der Waals surface area contributed by atoms with Crippen molar-refractivity contribution in [3.05, 3.63) is 57.5 Å². The van der Waals surface area contributed by atoms with Gasteiger partial charge in [0.1, 0.15) is 12.4 Å². The maximum atomic E-state index is 13.4. The van der Waals surface area contributed by atoms with Crippen molar-refractivity contribution in [1.82, 2.24) is 24.3 Å². The van der Waals surface area contributed by atoms with Crippen LogP contribution in [-0.4, -0.2) is 80.8 Å². The molecule has 206 valence electrons. The highest BCUT2D eigenvalue weighted by atomic mass is 19.4. The van der Waals surface area contributed by atoms with Gasteiger partial charge in [-0.2, -0.15) is 13.2 Å². The van der Waals surface area contributed by atoms with Gasteiger partial charge in [-0.1, -0.05) is 6.07 Å². The zero-order valence-electron chi connectivity index (χ0n) is 21.0. The maximum absolute atomic E-state index is 13.4. The lowest BCUT2D eigenvalue weighted by Crippen LogP contribution is -2.45. The number of fused-ring (bicyclic) bond motifs is 2. The maximum Gasteiger partial charge on any atom is 0.490 e. The predicted octanol–water partition coefficient (Wildman–Crippen LogP) is 1.64. The summed E-state index contributed by atoms with van der Waals surface area (Å²) in [6, 6.07) is 4.02. The lowest BCUT2D eigenvalue weighted by atomic mass is 9.77. The molecule has 2 aromatic rings. The van der Waals surface area contributed by atoms with Gasteiger partial charge in [0, 0.05) is 71.6 Å². The molecule has 0 unspecified atom stereocenters. The second kappa shape index (κ2) is 11.2. The van der Waals surface area contributed by atoms with Crippen LogP contribution in [0.5, 0.6) is 0 Å². The Labute approximate surface area is 217 Å². The Bertz CT molecular complexity index is 1230. The van der Waals surface area contributed by atoms with Gasteiger partial charge in [0.05, 0.1) is 11.3 Å². The van der Waals surface area contributed by atoms with Gasteiger partial charge < -0.3 is 14.7 Å². The largest absolute Gasteiger partial charge is 0.490 e. The molecule has 0 bridgehead atoms.